The third-order valence-corrected chi connectivity index (χ3v) is 3.62. The molecule has 0 saturated heterocycles. The molecule has 0 aliphatic rings. The summed E-state index contributed by atoms with van der Waals surface area (Å²) in [5, 5.41) is 6.17. The molecule has 0 aliphatic carbocycles. The van der Waals surface area contributed by atoms with Gasteiger partial charge in [0.15, 0.2) is 5.96 Å². The predicted molar refractivity (Wildman–Crippen MR) is 93.5 cm³/mol. The molecule has 0 saturated carbocycles. The highest BCUT2D eigenvalue weighted by molar-refractivity contribution is 7.88. The highest BCUT2D eigenvalue weighted by atomic mass is 32.2. The van der Waals surface area contributed by atoms with E-state index in [2.05, 4.69) is 20.3 Å². The van der Waals surface area contributed by atoms with Crippen LogP contribution in [0.4, 0.5) is 0 Å². The summed E-state index contributed by atoms with van der Waals surface area (Å²) in [6.45, 7) is 5.31. The van der Waals surface area contributed by atoms with E-state index in [0.717, 1.165) is 17.6 Å². The number of aryl methyl sites for hydroxylation is 1. The average Bonchev–Trinajstić information content (AvgIpc) is 2.45. The second kappa shape index (κ2) is 9.36. The summed E-state index contributed by atoms with van der Waals surface area (Å²) in [4.78, 5) is 4.08. The minimum atomic E-state index is -3.16. The Kier molecular flexibility index (Phi) is 7.84. The highest BCUT2D eigenvalue weighted by Crippen LogP contribution is 2.13. The Labute approximate surface area is 138 Å². The lowest BCUT2D eigenvalue weighted by atomic mass is 10.2. The normalized spacial score (nSPS) is 13.5. The van der Waals surface area contributed by atoms with Crippen molar-refractivity contribution >= 4 is 16.0 Å². The number of benzene rings is 1. The largest absolute Gasteiger partial charge is 0.489 e. The summed E-state index contributed by atoms with van der Waals surface area (Å²) in [6, 6.07) is 7.89. The summed E-state index contributed by atoms with van der Waals surface area (Å²) in [6.07, 6.45) is 1.09. The van der Waals surface area contributed by atoms with Crippen LogP contribution in [0, 0.1) is 6.92 Å². The molecule has 1 atom stereocenters. The third-order valence-electron chi connectivity index (χ3n) is 2.89. The smallest absolute Gasteiger partial charge is 0.208 e. The molecule has 0 spiro atoms. The molecular weight excluding hydrogens is 316 g/mol. The summed E-state index contributed by atoms with van der Waals surface area (Å²) < 4.78 is 30.1. The van der Waals surface area contributed by atoms with E-state index in [1.807, 2.05) is 38.1 Å². The van der Waals surface area contributed by atoms with Crippen LogP contribution in [0.3, 0.4) is 0 Å². The molecule has 3 N–H and O–H groups in total. The zero-order valence-corrected chi connectivity index (χ0v) is 14.9. The Morgan fingerprint density at radius 2 is 2.04 bits per heavy atom. The quantitative estimate of drug-likeness (QED) is 0.363. The van der Waals surface area contributed by atoms with Crippen LogP contribution in [0.5, 0.6) is 5.75 Å². The van der Waals surface area contributed by atoms with Crippen molar-refractivity contribution in [2.45, 2.75) is 20.0 Å². The van der Waals surface area contributed by atoms with Gasteiger partial charge in [-0.3, -0.25) is 4.99 Å². The van der Waals surface area contributed by atoms with Crippen LogP contribution in [-0.4, -0.2) is 53.4 Å². The second-order valence-electron chi connectivity index (χ2n) is 5.29. The number of aliphatic imine (C=N–C) groups is 1. The molecule has 1 rings (SSSR count). The van der Waals surface area contributed by atoms with Gasteiger partial charge >= 0.3 is 0 Å². The molecule has 0 radical (unpaired) electrons. The Hall–Kier alpha value is -1.80. The van der Waals surface area contributed by atoms with Crippen molar-refractivity contribution in [3.05, 3.63) is 29.8 Å². The second-order valence-corrected chi connectivity index (χ2v) is 7.12. The van der Waals surface area contributed by atoms with Crippen molar-refractivity contribution < 1.29 is 13.2 Å². The van der Waals surface area contributed by atoms with Crippen LogP contribution >= 0.6 is 0 Å². The molecule has 0 aliphatic heterocycles. The van der Waals surface area contributed by atoms with E-state index in [0.29, 0.717) is 25.6 Å². The minimum Gasteiger partial charge on any atom is -0.489 e. The van der Waals surface area contributed by atoms with Crippen LogP contribution in [0.25, 0.3) is 0 Å². The topological polar surface area (TPSA) is 91.8 Å². The first-order chi connectivity index (χ1) is 10.8. The molecule has 0 aromatic heterocycles. The first-order valence-corrected chi connectivity index (χ1v) is 9.32. The number of sulfonamides is 1. The Bertz CT molecular complexity index is 617. The predicted octanol–water partition coefficient (Wildman–Crippen LogP) is 0.477. The molecule has 0 bridgehead atoms. The van der Waals surface area contributed by atoms with E-state index in [-0.39, 0.29) is 6.10 Å². The van der Waals surface area contributed by atoms with Gasteiger partial charge in [0.2, 0.25) is 10.0 Å². The van der Waals surface area contributed by atoms with Gasteiger partial charge in [0.05, 0.1) is 12.8 Å². The molecular formula is C15H26N4O3S. The Morgan fingerprint density at radius 1 is 1.30 bits per heavy atom. The number of nitrogens with zero attached hydrogens (tertiary/aromatic N) is 1. The van der Waals surface area contributed by atoms with E-state index in [9.17, 15) is 8.42 Å². The van der Waals surface area contributed by atoms with Gasteiger partial charge < -0.3 is 15.4 Å². The van der Waals surface area contributed by atoms with Gasteiger partial charge in [-0.15, -0.1) is 0 Å². The molecule has 130 valence electrons. The van der Waals surface area contributed by atoms with Gasteiger partial charge in [-0.1, -0.05) is 12.1 Å². The molecule has 1 aromatic carbocycles. The van der Waals surface area contributed by atoms with E-state index < -0.39 is 10.0 Å². The number of hydrogen-bond donors (Lipinski definition) is 3. The zero-order chi connectivity index (χ0) is 17.3. The zero-order valence-electron chi connectivity index (χ0n) is 14.1. The monoisotopic (exact) mass is 342 g/mol. The van der Waals surface area contributed by atoms with Gasteiger partial charge in [-0.05, 0) is 31.5 Å². The lowest BCUT2D eigenvalue weighted by Gasteiger charge is -2.18. The summed E-state index contributed by atoms with van der Waals surface area (Å²) in [5.74, 6) is 1.43. The number of nitrogens with one attached hydrogen (secondary N) is 3. The van der Waals surface area contributed by atoms with Crippen molar-refractivity contribution in [3.63, 3.8) is 0 Å². The molecule has 7 nitrogen and oxygen atoms in total. The van der Waals surface area contributed by atoms with Crippen molar-refractivity contribution in [2.75, 3.05) is 32.9 Å². The number of hydrogen-bond acceptors (Lipinski definition) is 4. The summed E-state index contributed by atoms with van der Waals surface area (Å²) in [7, 11) is -1.50. The van der Waals surface area contributed by atoms with Gasteiger partial charge in [0.1, 0.15) is 11.9 Å². The first kappa shape index (κ1) is 19.2. The molecule has 23 heavy (non-hydrogen) atoms. The van der Waals surface area contributed by atoms with Crippen molar-refractivity contribution in [2.24, 2.45) is 4.99 Å². The first-order valence-electron chi connectivity index (χ1n) is 7.42. The van der Waals surface area contributed by atoms with Crippen LogP contribution in [0.15, 0.2) is 29.3 Å². The van der Waals surface area contributed by atoms with E-state index >= 15 is 0 Å². The van der Waals surface area contributed by atoms with Gasteiger partial charge in [0, 0.05) is 20.1 Å². The van der Waals surface area contributed by atoms with Gasteiger partial charge in [-0.2, -0.15) is 0 Å². The van der Waals surface area contributed by atoms with E-state index in [4.69, 9.17) is 4.74 Å². The van der Waals surface area contributed by atoms with Gasteiger partial charge in [-0.25, -0.2) is 13.1 Å². The number of ether oxygens (including phenoxy) is 1. The molecule has 0 heterocycles. The Morgan fingerprint density at radius 3 is 2.65 bits per heavy atom. The van der Waals surface area contributed by atoms with Crippen molar-refractivity contribution in [1.29, 1.82) is 0 Å². The lowest BCUT2D eigenvalue weighted by molar-refractivity contribution is 0.223. The maximum Gasteiger partial charge on any atom is 0.208 e. The van der Waals surface area contributed by atoms with Crippen LogP contribution in [0.1, 0.15) is 12.5 Å². The highest BCUT2D eigenvalue weighted by Gasteiger charge is 2.06. The van der Waals surface area contributed by atoms with Crippen molar-refractivity contribution in [1.82, 2.24) is 15.4 Å². The Balaban J connectivity index is 2.31. The fraction of sp³-hybridized carbons (Fsp3) is 0.533. The van der Waals surface area contributed by atoms with Crippen LogP contribution < -0.4 is 20.1 Å². The summed E-state index contributed by atoms with van der Waals surface area (Å²) >= 11 is 0. The molecule has 1 unspecified atom stereocenters. The standard InChI is InChI=1S/C15H26N4O3S/c1-12-6-5-7-14(10-12)22-13(2)11-18-15(16-3)17-8-9-19-23(4,20)21/h5-7,10,13,19H,8-9,11H2,1-4H3,(H2,16,17,18). The maximum absolute atomic E-state index is 11.0. The number of rotatable bonds is 8. The molecule has 0 fully saturated rings. The van der Waals surface area contributed by atoms with E-state index in [1.165, 1.54) is 0 Å². The summed E-state index contributed by atoms with van der Waals surface area (Å²) in [5.41, 5.74) is 1.15. The van der Waals surface area contributed by atoms with Crippen molar-refractivity contribution in [3.8, 4) is 5.75 Å². The maximum atomic E-state index is 11.0. The van der Waals surface area contributed by atoms with E-state index in [1.54, 1.807) is 7.05 Å². The molecule has 8 heteroatoms. The van der Waals surface area contributed by atoms with Gasteiger partial charge in [0.25, 0.3) is 0 Å². The SMILES string of the molecule is CN=C(NCCNS(C)(=O)=O)NCC(C)Oc1cccc(C)c1. The minimum absolute atomic E-state index is 0.0375. The van der Waals surface area contributed by atoms with Crippen LogP contribution in [-0.2, 0) is 10.0 Å². The average molecular weight is 342 g/mol. The molecule has 0 amide bonds. The number of guanidine groups is 1. The fourth-order valence-electron chi connectivity index (χ4n) is 1.84. The fourth-order valence-corrected chi connectivity index (χ4v) is 2.31. The van der Waals surface area contributed by atoms with Crippen LogP contribution in [0.2, 0.25) is 0 Å². The third kappa shape index (κ3) is 9.04. The lowest BCUT2D eigenvalue weighted by Crippen LogP contribution is -2.44. The molecule has 1 aromatic rings.